The molecule has 0 saturated heterocycles. The molecular weight excluding hydrogens is 288 g/mol. The SMILES string of the molecule is CC1CCCCC1Nc1c([N+](=O)[O-])cc(C#N)cc1[N+](=O)[O-]. The first-order valence-corrected chi connectivity index (χ1v) is 7.07. The summed E-state index contributed by atoms with van der Waals surface area (Å²) in [6.07, 6.45) is 3.88. The molecule has 1 aliphatic rings. The Balaban J connectivity index is 2.49. The number of rotatable bonds is 4. The van der Waals surface area contributed by atoms with Crippen LogP contribution in [0.2, 0.25) is 0 Å². The first-order chi connectivity index (χ1) is 10.4. The normalized spacial score (nSPS) is 20.9. The van der Waals surface area contributed by atoms with Gasteiger partial charge in [0.2, 0.25) is 0 Å². The number of benzene rings is 1. The van der Waals surface area contributed by atoms with Gasteiger partial charge in [-0.2, -0.15) is 5.26 Å². The maximum Gasteiger partial charge on any atom is 0.300 e. The number of nitrogens with one attached hydrogen (secondary N) is 1. The van der Waals surface area contributed by atoms with Gasteiger partial charge in [0.05, 0.1) is 21.5 Å². The van der Waals surface area contributed by atoms with Crippen molar-refractivity contribution < 1.29 is 9.85 Å². The molecule has 2 atom stereocenters. The number of anilines is 1. The van der Waals surface area contributed by atoms with Crippen LogP contribution < -0.4 is 5.32 Å². The van der Waals surface area contributed by atoms with Gasteiger partial charge in [0.15, 0.2) is 5.69 Å². The largest absolute Gasteiger partial charge is 0.371 e. The van der Waals surface area contributed by atoms with Gasteiger partial charge in [0, 0.05) is 18.2 Å². The lowest BCUT2D eigenvalue weighted by Gasteiger charge is -2.30. The zero-order valence-electron chi connectivity index (χ0n) is 12.1. The van der Waals surface area contributed by atoms with Crippen molar-refractivity contribution in [3.8, 4) is 6.07 Å². The van der Waals surface area contributed by atoms with Gasteiger partial charge in [0.1, 0.15) is 0 Å². The molecule has 0 amide bonds. The van der Waals surface area contributed by atoms with E-state index < -0.39 is 21.2 Å². The number of nitro benzene ring substituents is 2. The summed E-state index contributed by atoms with van der Waals surface area (Å²) >= 11 is 0. The van der Waals surface area contributed by atoms with E-state index in [-0.39, 0.29) is 23.2 Å². The monoisotopic (exact) mass is 304 g/mol. The van der Waals surface area contributed by atoms with Crippen molar-refractivity contribution >= 4 is 17.1 Å². The van der Waals surface area contributed by atoms with Crippen LogP contribution in [0, 0.1) is 37.5 Å². The molecule has 1 aliphatic carbocycles. The van der Waals surface area contributed by atoms with Crippen LogP contribution in [0.15, 0.2) is 12.1 Å². The molecule has 0 radical (unpaired) electrons. The summed E-state index contributed by atoms with van der Waals surface area (Å²) in [7, 11) is 0. The Morgan fingerprint density at radius 2 is 1.73 bits per heavy atom. The zero-order valence-corrected chi connectivity index (χ0v) is 12.1. The fourth-order valence-electron chi connectivity index (χ4n) is 2.83. The van der Waals surface area contributed by atoms with Crippen molar-refractivity contribution in [1.29, 1.82) is 5.26 Å². The molecule has 1 aromatic rings. The van der Waals surface area contributed by atoms with Gasteiger partial charge in [-0.1, -0.05) is 19.8 Å². The van der Waals surface area contributed by atoms with Crippen LogP contribution >= 0.6 is 0 Å². The third-order valence-corrected chi connectivity index (χ3v) is 4.06. The molecule has 8 heteroatoms. The second kappa shape index (κ2) is 6.39. The smallest absolute Gasteiger partial charge is 0.300 e. The van der Waals surface area contributed by atoms with Crippen LogP contribution in [0.4, 0.5) is 17.1 Å². The van der Waals surface area contributed by atoms with E-state index in [0.29, 0.717) is 0 Å². The van der Waals surface area contributed by atoms with E-state index >= 15 is 0 Å². The molecule has 1 fully saturated rings. The highest BCUT2D eigenvalue weighted by atomic mass is 16.6. The van der Waals surface area contributed by atoms with E-state index in [4.69, 9.17) is 5.26 Å². The predicted octanol–water partition coefficient (Wildman–Crippen LogP) is 3.37. The Labute approximate surface area is 127 Å². The van der Waals surface area contributed by atoms with Crippen molar-refractivity contribution in [2.24, 2.45) is 5.92 Å². The summed E-state index contributed by atoms with van der Waals surface area (Å²) in [6, 6.07) is 3.82. The Morgan fingerprint density at radius 1 is 1.18 bits per heavy atom. The summed E-state index contributed by atoms with van der Waals surface area (Å²) in [4.78, 5) is 21.1. The highest BCUT2D eigenvalue weighted by Crippen LogP contribution is 2.38. The highest BCUT2D eigenvalue weighted by Gasteiger charge is 2.31. The summed E-state index contributed by atoms with van der Waals surface area (Å²) in [5.74, 6) is 0.281. The third-order valence-electron chi connectivity index (χ3n) is 4.06. The van der Waals surface area contributed by atoms with Crippen LogP contribution in [0.25, 0.3) is 0 Å². The van der Waals surface area contributed by atoms with Gasteiger partial charge in [0.25, 0.3) is 0 Å². The van der Waals surface area contributed by atoms with E-state index in [1.54, 1.807) is 6.07 Å². The number of nitriles is 1. The molecular formula is C14H16N4O4. The lowest BCUT2D eigenvalue weighted by molar-refractivity contribution is -0.392. The van der Waals surface area contributed by atoms with E-state index in [0.717, 1.165) is 37.8 Å². The van der Waals surface area contributed by atoms with Gasteiger partial charge < -0.3 is 5.32 Å². The molecule has 0 spiro atoms. The van der Waals surface area contributed by atoms with Crippen LogP contribution in [-0.2, 0) is 0 Å². The minimum Gasteiger partial charge on any atom is -0.371 e. The number of nitro groups is 2. The van der Waals surface area contributed by atoms with E-state index in [1.807, 2.05) is 6.92 Å². The Hall–Kier alpha value is -2.69. The van der Waals surface area contributed by atoms with E-state index in [1.165, 1.54) is 0 Å². The predicted molar refractivity (Wildman–Crippen MR) is 79.5 cm³/mol. The molecule has 2 unspecified atom stereocenters. The molecule has 1 N–H and O–H groups in total. The van der Waals surface area contributed by atoms with Crippen LogP contribution in [0.1, 0.15) is 38.2 Å². The van der Waals surface area contributed by atoms with Crippen molar-refractivity contribution in [2.75, 3.05) is 5.32 Å². The number of hydrogen-bond acceptors (Lipinski definition) is 6. The number of hydrogen-bond donors (Lipinski definition) is 1. The van der Waals surface area contributed by atoms with Gasteiger partial charge in [-0.25, -0.2) is 0 Å². The van der Waals surface area contributed by atoms with Crippen LogP contribution in [0.3, 0.4) is 0 Å². The zero-order chi connectivity index (χ0) is 16.3. The molecule has 8 nitrogen and oxygen atoms in total. The topological polar surface area (TPSA) is 122 Å². The standard InChI is InChI=1S/C14H16N4O4/c1-9-4-2-3-5-11(9)16-14-12(17(19)20)6-10(8-15)7-13(14)18(21)22/h6-7,9,11,16H,2-5H2,1H3. The van der Waals surface area contributed by atoms with Crippen molar-refractivity contribution in [1.82, 2.24) is 0 Å². The number of nitrogens with zero attached hydrogens (tertiary/aromatic N) is 3. The average Bonchev–Trinajstić information content (AvgIpc) is 2.49. The lowest BCUT2D eigenvalue weighted by atomic mass is 9.85. The van der Waals surface area contributed by atoms with Crippen LogP contribution in [-0.4, -0.2) is 15.9 Å². The molecule has 1 saturated carbocycles. The lowest BCUT2D eigenvalue weighted by Crippen LogP contribution is -2.30. The van der Waals surface area contributed by atoms with Crippen molar-refractivity contribution in [3.63, 3.8) is 0 Å². The first kappa shape index (κ1) is 15.7. The highest BCUT2D eigenvalue weighted by molar-refractivity contribution is 5.76. The summed E-state index contributed by atoms with van der Waals surface area (Å²) in [5.41, 5.74) is -1.06. The van der Waals surface area contributed by atoms with Gasteiger partial charge in [-0.15, -0.1) is 0 Å². The second-order valence-corrected chi connectivity index (χ2v) is 5.53. The first-order valence-electron chi connectivity index (χ1n) is 7.07. The Morgan fingerprint density at radius 3 is 2.18 bits per heavy atom. The Bertz CT molecular complexity index is 618. The van der Waals surface area contributed by atoms with Crippen molar-refractivity contribution in [2.45, 2.75) is 38.6 Å². The molecule has 0 heterocycles. The molecule has 0 aliphatic heterocycles. The summed E-state index contributed by atoms with van der Waals surface area (Å²) in [5, 5.41) is 34.3. The quantitative estimate of drug-likeness (QED) is 0.672. The van der Waals surface area contributed by atoms with E-state index in [9.17, 15) is 20.2 Å². The maximum absolute atomic E-state index is 11.2. The van der Waals surface area contributed by atoms with Crippen LogP contribution in [0.5, 0.6) is 0 Å². The Kier molecular flexibility index (Phi) is 4.56. The minimum absolute atomic E-state index is 0.0425. The van der Waals surface area contributed by atoms with Gasteiger partial charge in [-0.05, 0) is 18.8 Å². The van der Waals surface area contributed by atoms with Gasteiger partial charge in [-0.3, -0.25) is 20.2 Å². The summed E-state index contributed by atoms with van der Waals surface area (Å²) < 4.78 is 0. The molecule has 22 heavy (non-hydrogen) atoms. The molecule has 2 rings (SSSR count). The molecule has 0 bridgehead atoms. The fourth-order valence-corrected chi connectivity index (χ4v) is 2.83. The molecule has 1 aromatic carbocycles. The maximum atomic E-state index is 11.2. The van der Waals surface area contributed by atoms with Gasteiger partial charge >= 0.3 is 11.4 Å². The van der Waals surface area contributed by atoms with E-state index in [2.05, 4.69) is 5.32 Å². The minimum atomic E-state index is -0.691. The molecule has 0 aromatic heterocycles. The summed E-state index contributed by atoms with van der Waals surface area (Å²) in [6.45, 7) is 2.03. The average molecular weight is 304 g/mol. The second-order valence-electron chi connectivity index (χ2n) is 5.53. The third kappa shape index (κ3) is 3.14. The van der Waals surface area contributed by atoms with Crippen molar-refractivity contribution in [3.05, 3.63) is 37.9 Å². The fraction of sp³-hybridized carbons (Fsp3) is 0.500. The molecule has 116 valence electrons.